The van der Waals surface area contributed by atoms with E-state index in [1.165, 1.54) is 15.4 Å². The molecule has 0 spiro atoms. The van der Waals surface area contributed by atoms with Crippen LogP contribution in [0.25, 0.3) is 0 Å². The minimum absolute atomic E-state index is 1.19. The second-order valence-electron chi connectivity index (χ2n) is 4.46. The Bertz CT molecular complexity index is 530. The third-order valence-electron chi connectivity index (χ3n) is 3.51. The van der Waals surface area contributed by atoms with Crippen LogP contribution in [-0.4, -0.2) is 25.1 Å². The summed E-state index contributed by atoms with van der Waals surface area (Å²) in [6.45, 7) is 0. The van der Waals surface area contributed by atoms with Gasteiger partial charge >= 0.3 is 126 Å². The van der Waals surface area contributed by atoms with Crippen LogP contribution in [0.4, 0.5) is 0 Å². The van der Waals surface area contributed by atoms with Gasteiger partial charge in [-0.1, -0.05) is 0 Å². The van der Waals surface area contributed by atoms with Gasteiger partial charge in [-0.3, -0.25) is 0 Å². The summed E-state index contributed by atoms with van der Waals surface area (Å²) in [6.07, 6.45) is 2.10. The van der Waals surface area contributed by atoms with Crippen LogP contribution in [0.1, 0.15) is 0 Å². The Balaban J connectivity index is 2.71. The average molecular weight is 304 g/mol. The molecule has 4 heteroatoms. The van der Waals surface area contributed by atoms with E-state index in [0.717, 1.165) is 0 Å². The Hall–Kier alpha value is -1.15. The Morgan fingerprint density at radius 1 is 0.950 bits per heavy atom. The van der Waals surface area contributed by atoms with E-state index in [1.54, 1.807) is 11.8 Å². The van der Waals surface area contributed by atoms with E-state index in [1.807, 2.05) is 14.1 Å². The predicted molar refractivity (Wildman–Crippen MR) is 96.4 cm³/mol. The van der Waals surface area contributed by atoms with Crippen LogP contribution < -0.4 is 15.7 Å². The maximum atomic E-state index is 4.58. The number of benzene rings is 2. The summed E-state index contributed by atoms with van der Waals surface area (Å²) in [7, 11) is 1.75. The fraction of sp³-hybridized carbons (Fsp3) is 0.188. The summed E-state index contributed by atoms with van der Waals surface area (Å²) in [4.78, 5) is 5.77. The molecular formula is C16H21N2PS. The van der Waals surface area contributed by atoms with Gasteiger partial charge in [0.2, 0.25) is 0 Å². The normalized spacial score (nSPS) is 13.2. The molecule has 0 saturated heterocycles. The molecule has 0 aliphatic rings. The monoisotopic (exact) mass is 304 g/mol. The molecule has 1 N–H and O–H groups in total. The molecule has 0 bridgehead atoms. The van der Waals surface area contributed by atoms with Crippen molar-refractivity contribution in [2.45, 2.75) is 0 Å². The van der Waals surface area contributed by atoms with Crippen molar-refractivity contribution in [1.82, 2.24) is 5.09 Å². The molecule has 106 valence electrons. The van der Waals surface area contributed by atoms with E-state index < -0.39 is 7.41 Å². The molecule has 0 fully saturated rings. The molecule has 0 atom stereocenters. The molecule has 0 aliphatic carbocycles. The molecule has 0 amide bonds. The van der Waals surface area contributed by atoms with Gasteiger partial charge in [-0.25, -0.2) is 0 Å². The topological polar surface area (TPSA) is 24.4 Å². The van der Waals surface area contributed by atoms with Crippen LogP contribution in [0, 0.1) is 0 Å². The Kier molecular flexibility index (Phi) is 5.36. The summed E-state index contributed by atoms with van der Waals surface area (Å²) in [5.41, 5.74) is 0. The molecule has 2 nitrogen and oxygen atoms in total. The van der Waals surface area contributed by atoms with E-state index in [4.69, 9.17) is 0 Å². The van der Waals surface area contributed by atoms with E-state index in [0.29, 0.717) is 0 Å². The maximum absolute atomic E-state index is 4.58. The minimum atomic E-state index is -2.19. The zero-order valence-electron chi connectivity index (χ0n) is 12.1. The van der Waals surface area contributed by atoms with E-state index in [-0.39, 0.29) is 0 Å². The van der Waals surface area contributed by atoms with E-state index in [9.17, 15) is 0 Å². The van der Waals surface area contributed by atoms with Crippen molar-refractivity contribution in [3.63, 3.8) is 0 Å². The number of thioether (sulfide) groups is 1. The van der Waals surface area contributed by atoms with Gasteiger partial charge in [0.15, 0.2) is 0 Å². The number of nitrogens with one attached hydrogen (secondary N) is 1. The van der Waals surface area contributed by atoms with Crippen molar-refractivity contribution in [3.05, 3.63) is 60.7 Å². The Morgan fingerprint density at radius 3 is 1.70 bits per heavy atom. The summed E-state index contributed by atoms with van der Waals surface area (Å²) >= 11 is 1.74. The second-order valence-corrected chi connectivity index (χ2v) is 9.25. The van der Waals surface area contributed by atoms with Crippen molar-refractivity contribution in [3.8, 4) is 0 Å². The first-order valence-electron chi connectivity index (χ1n) is 6.60. The summed E-state index contributed by atoms with van der Waals surface area (Å²) in [6, 6.07) is 21.4. The molecule has 2 aromatic carbocycles. The SMILES string of the molecule is C/N=C(/SC)[PH](NC)(c1ccccc1)c1ccccc1. The molecule has 2 rings (SSSR count). The van der Waals surface area contributed by atoms with Crippen molar-refractivity contribution >= 4 is 34.6 Å². The number of rotatable bonds is 4. The first-order valence-corrected chi connectivity index (χ1v) is 9.83. The average Bonchev–Trinajstić information content (AvgIpc) is 2.54. The van der Waals surface area contributed by atoms with Crippen LogP contribution in [0.15, 0.2) is 65.7 Å². The summed E-state index contributed by atoms with van der Waals surface area (Å²) < 4.78 is 0. The van der Waals surface area contributed by atoms with Crippen molar-refractivity contribution in [2.24, 2.45) is 4.99 Å². The van der Waals surface area contributed by atoms with Crippen LogP contribution >= 0.6 is 19.2 Å². The van der Waals surface area contributed by atoms with Crippen LogP contribution in [0.3, 0.4) is 0 Å². The van der Waals surface area contributed by atoms with E-state index >= 15 is 0 Å². The fourth-order valence-electron chi connectivity index (χ4n) is 2.60. The third-order valence-corrected chi connectivity index (χ3v) is 9.62. The number of nitrogens with zero attached hydrogens (tertiary/aromatic N) is 1. The zero-order chi connectivity index (χ0) is 14.4. The number of hydrogen-bond acceptors (Lipinski definition) is 3. The Labute approximate surface area is 126 Å². The molecule has 2 aromatic rings. The number of aliphatic imine (C=N–C) groups is 1. The van der Waals surface area contributed by atoms with Gasteiger partial charge in [-0.2, -0.15) is 0 Å². The van der Waals surface area contributed by atoms with Gasteiger partial charge in [0.25, 0.3) is 0 Å². The molecule has 0 aromatic heterocycles. The van der Waals surface area contributed by atoms with Crippen molar-refractivity contribution in [2.75, 3.05) is 20.4 Å². The quantitative estimate of drug-likeness (QED) is 0.533. The number of hydrogen-bond donors (Lipinski definition) is 1. The first-order chi connectivity index (χ1) is 9.79. The second kappa shape index (κ2) is 7.03. The molecular weight excluding hydrogens is 283 g/mol. The third kappa shape index (κ3) is 2.67. The predicted octanol–water partition coefficient (Wildman–Crippen LogP) is 2.87. The van der Waals surface area contributed by atoms with Crippen molar-refractivity contribution < 1.29 is 0 Å². The van der Waals surface area contributed by atoms with Gasteiger partial charge in [0, 0.05) is 0 Å². The Morgan fingerprint density at radius 2 is 1.40 bits per heavy atom. The zero-order valence-corrected chi connectivity index (χ0v) is 13.9. The molecule has 0 unspecified atom stereocenters. The molecule has 0 saturated carbocycles. The van der Waals surface area contributed by atoms with Gasteiger partial charge in [-0.15, -0.1) is 0 Å². The molecule has 0 heterocycles. The van der Waals surface area contributed by atoms with E-state index in [2.05, 4.69) is 77.0 Å². The first kappa shape index (κ1) is 15.2. The van der Waals surface area contributed by atoms with Gasteiger partial charge in [0.05, 0.1) is 0 Å². The van der Waals surface area contributed by atoms with Crippen LogP contribution in [-0.2, 0) is 0 Å². The van der Waals surface area contributed by atoms with Gasteiger partial charge in [0.1, 0.15) is 0 Å². The van der Waals surface area contributed by atoms with Crippen LogP contribution in [0.5, 0.6) is 0 Å². The molecule has 20 heavy (non-hydrogen) atoms. The molecule has 0 aliphatic heterocycles. The van der Waals surface area contributed by atoms with Gasteiger partial charge in [-0.05, 0) is 0 Å². The molecule has 0 radical (unpaired) electrons. The van der Waals surface area contributed by atoms with Gasteiger partial charge < -0.3 is 0 Å². The summed E-state index contributed by atoms with van der Waals surface area (Å²) in [5.74, 6) is 0. The van der Waals surface area contributed by atoms with Crippen LogP contribution in [0.2, 0.25) is 0 Å². The summed E-state index contributed by atoms with van der Waals surface area (Å²) in [5, 5.41) is 6.31. The standard InChI is InChI=1S/C16H21N2PS/c1-17-16(20-3)19(18-2,14-10-6-4-7-11-14)15-12-8-5-9-13-15/h4-13,18-19H,1-3H3/b17-16+. The van der Waals surface area contributed by atoms with Crippen molar-refractivity contribution in [1.29, 1.82) is 0 Å². The fourth-order valence-corrected chi connectivity index (χ4v) is 8.36.